The van der Waals surface area contributed by atoms with Crippen LogP contribution in [0.4, 0.5) is 5.13 Å². The Kier molecular flexibility index (Phi) is 3.54. The third-order valence-electron chi connectivity index (χ3n) is 3.87. The lowest BCUT2D eigenvalue weighted by Crippen LogP contribution is -2.43. The molecule has 1 fully saturated rings. The number of hydrogen-bond acceptors (Lipinski definition) is 5. The topological polar surface area (TPSA) is 31.4 Å². The Bertz CT molecular complexity index is 409. The van der Waals surface area contributed by atoms with Gasteiger partial charge in [-0.2, -0.15) is 0 Å². The van der Waals surface area contributed by atoms with E-state index in [9.17, 15) is 0 Å². The maximum atomic E-state index is 4.86. The molecule has 3 heterocycles. The summed E-state index contributed by atoms with van der Waals surface area (Å²) < 4.78 is 0. The van der Waals surface area contributed by atoms with Crippen molar-refractivity contribution < 1.29 is 0 Å². The molecule has 0 unspecified atom stereocenters. The zero-order chi connectivity index (χ0) is 12.5. The summed E-state index contributed by atoms with van der Waals surface area (Å²) in [5.74, 6) is 0. The van der Waals surface area contributed by atoms with Crippen molar-refractivity contribution in [2.45, 2.75) is 32.9 Å². The van der Waals surface area contributed by atoms with Gasteiger partial charge in [-0.1, -0.05) is 0 Å². The van der Waals surface area contributed by atoms with Gasteiger partial charge < -0.3 is 10.2 Å². The van der Waals surface area contributed by atoms with E-state index < -0.39 is 0 Å². The van der Waals surface area contributed by atoms with Crippen molar-refractivity contribution >= 4 is 16.5 Å². The molecule has 4 nitrogen and oxygen atoms in total. The van der Waals surface area contributed by atoms with Crippen LogP contribution in [0.3, 0.4) is 0 Å². The van der Waals surface area contributed by atoms with Gasteiger partial charge in [0, 0.05) is 56.6 Å². The third kappa shape index (κ3) is 2.39. The number of anilines is 1. The van der Waals surface area contributed by atoms with Gasteiger partial charge in [0.25, 0.3) is 0 Å². The highest BCUT2D eigenvalue weighted by Gasteiger charge is 2.24. The second-order valence-corrected chi connectivity index (χ2v) is 6.48. The van der Waals surface area contributed by atoms with E-state index in [1.54, 1.807) is 0 Å². The Morgan fingerprint density at radius 1 is 1.22 bits per heavy atom. The normalized spacial score (nSPS) is 21.4. The molecule has 5 heteroatoms. The van der Waals surface area contributed by atoms with Gasteiger partial charge in [-0.3, -0.25) is 4.90 Å². The number of aromatic nitrogens is 1. The van der Waals surface area contributed by atoms with Crippen LogP contribution in [-0.2, 0) is 13.0 Å². The number of fused-ring (bicyclic) bond motifs is 1. The van der Waals surface area contributed by atoms with Crippen LogP contribution in [0.15, 0.2) is 0 Å². The molecule has 2 aliphatic heterocycles. The van der Waals surface area contributed by atoms with Crippen LogP contribution in [0.2, 0.25) is 0 Å². The zero-order valence-corrected chi connectivity index (χ0v) is 12.1. The number of piperazine rings is 1. The summed E-state index contributed by atoms with van der Waals surface area (Å²) in [7, 11) is 0. The van der Waals surface area contributed by atoms with Gasteiger partial charge >= 0.3 is 0 Å². The lowest BCUT2D eigenvalue weighted by atomic mass is 10.1. The van der Waals surface area contributed by atoms with E-state index in [0.717, 1.165) is 45.7 Å². The van der Waals surface area contributed by atoms with E-state index in [0.29, 0.717) is 6.04 Å². The first-order valence-corrected chi connectivity index (χ1v) is 7.74. The molecule has 0 atom stereocenters. The van der Waals surface area contributed by atoms with Crippen molar-refractivity contribution in [3.8, 4) is 0 Å². The lowest BCUT2D eigenvalue weighted by Gasteiger charge is -2.29. The molecule has 0 aromatic carbocycles. The molecule has 3 rings (SSSR count). The minimum absolute atomic E-state index is 0.642. The van der Waals surface area contributed by atoms with Crippen molar-refractivity contribution in [1.82, 2.24) is 15.2 Å². The summed E-state index contributed by atoms with van der Waals surface area (Å²) >= 11 is 1.91. The van der Waals surface area contributed by atoms with Crippen LogP contribution in [0, 0.1) is 0 Å². The quantitative estimate of drug-likeness (QED) is 0.875. The number of nitrogens with one attached hydrogen (secondary N) is 1. The van der Waals surface area contributed by atoms with Crippen LogP contribution < -0.4 is 10.2 Å². The largest absolute Gasteiger partial charge is 0.346 e. The summed E-state index contributed by atoms with van der Waals surface area (Å²) in [4.78, 5) is 11.3. The standard InChI is InChI=1S/C13H22N4S/c1-10(2)17-6-3-11-12(9-17)18-13(15-11)16-7-4-14-5-8-16/h10,14H,3-9H2,1-2H3. The van der Waals surface area contributed by atoms with E-state index in [-0.39, 0.29) is 0 Å². The summed E-state index contributed by atoms with van der Waals surface area (Å²) in [5, 5.41) is 4.64. The highest BCUT2D eigenvalue weighted by molar-refractivity contribution is 7.15. The average Bonchev–Trinajstić information content (AvgIpc) is 2.82. The molecule has 0 amide bonds. The summed E-state index contributed by atoms with van der Waals surface area (Å²) in [5.41, 5.74) is 1.35. The van der Waals surface area contributed by atoms with E-state index in [4.69, 9.17) is 4.98 Å². The molecule has 18 heavy (non-hydrogen) atoms. The number of rotatable bonds is 2. The summed E-state index contributed by atoms with van der Waals surface area (Å²) in [6, 6.07) is 0.642. The first kappa shape index (κ1) is 12.4. The van der Waals surface area contributed by atoms with Gasteiger partial charge in [-0.15, -0.1) is 11.3 Å². The van der Waals surface area contributed by atoms with Crippen molar-refractivity contribution in [2.75, 3.05) is 37.6 Å². The van der Waals surface area contributed by atoms with Gasteiger partial charge in [0.1, 0.15) is 0 Å². The number of thiazole rings is 1. The molecular weight excluding hydrogens is 244 g/mol. The van der Waals surface area contributed by atoms with Crippen molar-refractivity contribution in [3.63, 3.8) is 0 Å². The number of nitrogens with zero attached hydrogens (tertiary/aromatic N) is 3. The molecule has 0 radical (unpaired) electrons. The fourth-order valence-electron chi connectivity index (χ4n) is 2.63. The second kappa shape index (κ2) is 5.15. The van der Waals surface area contributed by atoms with Gasteiger partial charge in [0.15, 0.2) is 5.13 Å². The minimum Gasteiger partial charge on any atom is -0.346 e. The fourth-order valence-corrected chi connectivity index (χ4v) is 3.82. The summed E-state index contributed by atoms with van der Waals surface area (Å²) in [6.07, 6.45) is 1.12. The van der Waals surface area contributed by atoms with Crippen LogP contribution in [0.1, 0.15) is 24.4 Å². The Balaban J connectivity index is 1.76. The highest BCUT2D eigenvalue weighted by atomic mass is 32.1. The van der Waals surface area contributed by atoms with Gasteiger partial charge in [0.2, 0.25) is 0 Å². The zero-order valence-electron chi connectivity index (χ0n) is 11.3. The first-order valence-electron chi connectivity index (χ1n) is 6.92. The van der Waals surface area contributed by atoms with Crippen molar-refractivity contribution in [2.24, 2.45) is 0 Å². The van der Waals surface area contributed by atoms with E-state index in [2.05, 4.69) is 29.0 Å². The molecule has 0 aliphatic carbocycles. The second-order valence-electron chi connectivity index (χ2n) is 5.42. The Hall–Kier alpha value is -0.650. The van der Waals surface area contributed by atoms with Gasteiger partial charge in [0.05, 0.1) is 5.69 Å². The van der Waals surface area contributed by atoms with Crippen LogP contribution in [0.25, 0.3) is 0 Å². The molecule has 1 aromatic rings. The highest BCUT2D eigenvalue weighted by Crippen LogP contribution is 2.31. The predicted octanol–water partition coefficient (Wildman–Crippen LogP) is 1.32. The Labute approximate surface area is 113 Å². The molecule has 0 saturated carbocycles. The Morgan fingerprint density at radius 3 is 2.72 bits per heavy atom. The predicted molar refractivity (Wildman–Crippen MR) is 76.4 cm³/mol. The van der Waals surface area contributed by atoms with Crippen molar-refractivity contribution in [3.05, 3.63) is 10.6 Å². The first-order chi connectivity index (χ1) is 8.74. The molecular formula is C13H22N4S. The van der Waals surface area contributed by atoms with Gasteiger partial charge in [-0.05, 0) is 13.8 Å². The van der Waals surface area contributed by atoms with Crippen LogP contribution in [-0.4, -0.2) is 48.6 Å². The number of hydrogen-bond donors (Lipinski definition) is 1. The average molecular weight is 266 g/mol. The molecule has 1 saturated heterocycles. The maximum absolute atomic E-state index is 4.86. The van der Waals surface area contributed by atoms with Crippen LogP contribution in [0.5, 0.6) is 0 Å². The van der Waals surface area contributed by atoms with E-state index in [1.807, 2.05) is 11.3 Å². The fraction of sp³-hybridized carbons (Fsp3) is 0.769. The molecule has 1 N–H and O–H groups in total. The van der Waals surface area contributed by atoms with Gasteiger partial charge in [-0.25, -0.2) is 4.98 Å². The smallest absolute Gasteiger partial charge is 0.185 e. The molecule has 0 spiro atoms. The summed E-state index contributed by atoms with van der Waals surface area (Å²) in [6.45, 7) is 11.2. The molecule has 0 bridgehead atoms. The molecule has 1 aromatic heterocycles. The van der Waals surface area contributed by atoms with E-state index >= 15 is 0 Å². The monoisotopic (exact) mass is 266 g/mol. The SMILES string of the molecule is CC(C)N1CCc2nc(N3CCNCC3)sc2C1. The van der Waals surface area contributed by atoms with Crippen molar-refractivity contribution in [1.29, 1.82) is 0 Å². The van der Waals surface area contributed by atoms with Crippen LogP contribution >= 0.6 is 11.3 Å². The maximum Gasteiger partial charge on any atom is 0.185 e. The lowest BCUT2D eigenvalue weighted by molar-refractivity contribution is 0.205. The molecule has 2 aliphatic rings. The minimum atomic E-state index is 0.642. The molecule has 100 valence electrons. The third-order valence-corrected chi connectivity index (χ3v) is 5.01. The Morgan fingerprint density at radius 2 is 2.00 bits per heavy atom. The van der Waals surface area contributed by atoms with E-state index in [1.165, 1.54) is 15.7 Å².